The van der Waals surface area contributed by atoms with Gasteiger partial charge in [-0.05, 0) is 39.7 Å². The van der Waals surface area contributed by atoms with Crippen molar-refractivity contribution >= 4 is 26.8 Å². The zero-order valence-electron chi connectivity index (χ0n) is 11.1. The van der Waals surface area contributed by atoms with Crippen molar-refractivity contribution in [2.75, 3.05) is 0 Å². The van der Waals surface area contributed by atoms with Crippen LogP contribution in [0.4, 0.5) is 0 Å². The van der Waals surface area contributed by atoms with Crippen LogP contribution in [0.2, 0.25) is 0 Å². The van der Waals surface area contributed by atoms with E-state index in [0.29, 0.717) is 18.1 Å². The van der Waals surface area contributed by atoms with E-state index >= 15 is 0 Å². The van der Waals surface area contributed by atoms with Crippen molar-refractivity contribution in [1.29, 1.82) is 5.26 Å². The maximum absolute atomic E-state index is 9.20. The molecule has 0 fully saturated rings. The van der Waals surface area contributed by atoms with Crippen molar-refractivity contribution in [3.05, 3.63) is 70.2 Å². The molecular formula is C17H11BrN2O. The van der Waals surface area contributed by atoms with Crippen LogP contribution in [0, 0.1) is 11.3 Å². The van der Waals surface area contributed by atoms with E-state index in [4.69, 9.17) is 4.74 Å². The maximum atomic E-state index is 9.20. The molecule has 0 saturated heterocycles. The van der Waals surface area contributed by atoms with Gasteiger partial charge in [0.2, 0.25) is 5.88 Å². The Balaban J connectivity index is 1.88. The molecule has 0 saturated carbocycles. The topological polar surface area (TPSA) is 45.9 Å². The highest BCUT2D eigenvalue weighted by Gasteiger charge is 2.07. The maximum Gasteiger partial charge on any atom is 0.214 e. The third-order valence-electron chi connectivity index (χ3n) is 3.14. The number of benzene rings is 2. The van der Waals surface area contributed by atoms with E-state index < -0.39 is 0 Å². The Morgan fingerprint density at radius 3 is 2.62 bits per heavy atom. The molecule has 0 bridgehead atoms. The summed E-state index contributed by atoms with van der Waals surface area (Å²) >= 11 is 3.38. The molecule has 0 aliphatic carbocycles. The number of hydrogen-bond acceptors (Lipinski definition) is 3. The quantitative estimate of drug-likeness (QED) is 0.708. The summed E-state index contributed by atoms with van der Waals surface area (Å²) in [5.74, 6) is 0.553. The lowest BCUT2D eigenvalue weighted by Gasteiger charge is -2.07. The van der Waals surface area contributed by atoms with Crippen molar-refractivity contribution in [3.8, 4) is 11.9 Å². The summed E-state index contributed by atoms with van der Waals surface area (Å²) < 4.78 is 6.47. The molecule has 0 radical (unpaired) electrons. The molecule has 102 valence electrons. The van der Waals surface area contributed by atoms with Gasteiger partial charge in [0.25, 0.3) is 0 Å². The van der Waals surface area contributed by atoms with E-state index in [1.54, 1.807) is 6.07 Å². The van der Waals surface area contributed by atoms with Gasteiger partial charge in [0, 0.05) is 15.9 Å². The monoisotopic (exact) mass is 338 g/mol. The van der Waals surface area contributed by atoms with Crippen molar-refractivity contribution < 1.29 is 4.74 Å². The van der Waals surface area contributed by atoms with Gasteiger partial charge in [-0.2, -0.15) is 5.26 Å². The van der Waals surface area contributed by atoms with Gasteiger partial charge in [0.05, 0.1) is 11.1 Å². The van der Waals surface area contributed by atoms with Gasteiger partial charge in [-0.1, -0.05) is 30.3 Å². The van der Waals surface area contributed by atoms with Crippen molar-refractivity contribution in [2.45, 2.75) is 6.61 Å². The first-order valence-electron chi connectivity index (χ1n) is 6.44. The average molecular weight is 339 g/mol. The van der Waals surface area contributed by atoms with E-state index in [9.17, 15) is 5.26 Å². The Hall–Kier alpha value is -2.38. The molecular weight excluding hydrogens is 328 g/mol. The van der Waals surface area contributed by atoms with Gasteiger partial charge < -0.3 is 4.74 Å². The molecule has 4 heteroatoms. The number of hydrogen-bond donors (Lipinski definition) is 0. The third-order valence-corrected chi connectivity index (χ3v) is 3.80. The number of aromatic nitrogens is 1. The lowest BCUT2D eigenvalue weighted by atomic mass is 10.1. The fourth-order valence-corrected chi connectivity index (χ4v) is 2.52. The van der Waals surface area contributed by atoms with Gasteiger partial charge in [-0.3, -0.25) is 0 Å². The van der Waals surface area contributed by atoms with Gasteiger partial charge in [0.1, 0.15) is 12.7 Å². The Labute approximate surface area is 130 Å². The Morgan fingerprint density at radius 1 is 1.05 bits per heavy atom. The minimum Gasteiger partial charge on any atom is -0.473 e. The van der Waals surface area contributed by atoms with Crippen LogP contribution in [-0.4, -0.2) is 4.98 Å². The first-order chi connectivity index (χ1) is 10.3. The number of ether oxygens (including phenoxy) is 1. The minimum atomic E-state index is 0.473. The molecule has 0 amide bonds. The van der Waals surface area contributed by atoms with Crippen LogP contribution >= 0.6 is 15.9 Å². The first-order valence-corrected chi connectivity index (χ1v) is 7.23. The summed E-state index contributed by atoms with van der Waals surface area (Å²) in [6, 6.07) is 19.5. The Kier molecular flexibility index (Phi) is 3.85. The average Bonchev–Trinajstić information content (AvgIpc) is 2.54. The van der Waals surface area contributed by atoms with Crippen molar-refractivity contribution in [2.24, 2.45) is 0 Å². The Morgan fingerprint density at radius 2 is 1.86 bits per heavy atom. The predicted molar refractivity (Wildman–Crippen MR) is 84.9 cm³/mol. The van der Waals surface area contributed by atoms with Crippen LogP contribution in [0.3, 0.4) is 0 Å². The third kappa shape index (κ3) is 2.88. The summed E-state index contributed by atoms with van der Waals surface area (Å²) in [6.07, 6.45) is 0. The van der Waals surface area contributed by atoms with Gasteiger partial charge in [0.15, 0.2) is 0 Å². The molecule has 2 aromatic carbocycles. The molecule has 21 heavy (non-hydrogen) atoms. The highest BCUT2D eigenvalue weighted by atomic mass is 79.9. The van der Waals surface area contributed by atoms with Gasteiger partial charge >= 0.3 is 0 Å². The second-order valence-electron chi connectivity index (χ2n) is 4.52. The highest BCUT2D eigenvalue weighted by Crippen LogP contribution is 2.26. The number of nitriles is 1. The van der Waals surface area contributed by atoms with Gasteiger partial charge in [-0.15, -0.1) is 0 Å². The molecule has 0 unspecified atom stereocenters. The van der Waals surface area contributed by atoms with E-state index in [2.05, 4.69) is 27.0 Å². The molecule has 0 aliphatic heterocycles. The largest absolute Gasteiger partial charge is 0.473 e. The molecule has 1 aromatic heterocycles. The second kappa shape index (κ2) is 5.94. The number of pyridine rings is 1. The molecule has 3 aromatic rings. The number of fused-ring (bicyclic) bond motifs is 1. The summed E-state index contributed by atoms with van der Waals surface area (Å²) in [4.78, 5) is 4.45. The molecule has 0 atom stereocenters. The standard InChI is InChI=1S/C17H11BrN2O/c18-15-7-8-16-13(14(15)10-19)6-9-17(20-16)21-11-12-4-2-1-3-5-12/h1-9H,11H2. The zero-order valence-corrected chi connectivity index (χ0v) is 12.7. The smallest absolute Gasteiger partial charge is 0.214 e. The molecule has 3 nitrogen and oxygen atoms in total. The van der Waals surface area contributed by atoms with Crippen molar-refractivity contribution in [1.82, 2.24) is 4.98 Å². The van der Waals surface area contributed by atoms with Crippen LogP contribution < -0.4 is 4.74 Å². The normalized spacial score (nSPS) is 10.3. The van der Waals surface area contributed by atoms with Crippen LogP contribution in [0.15, 0.2) is 59.1 Å². The van der Waals surface area contributed by atoms with E-state index in [-0.39, 0.29) is 0 Å². The van der Waals surface area contributed by atoms with E-state index in [1.165, 1.54) is 0 Å². The van der Waals surface area contributed by atoms with E-state index in [1.807, 2.05) is 48.5 Å². The second-order valence-corrected chi connectivity index (χ2v) is 5.38. The fraction of sp³-hybridized carbons (Fsp3) is 0.0588. The summed E-state index contributed by atoms with van der Waals surface area (Å²) in [5, 5.41) is 10.0. The minimum absolute atomic E-state index is 0.473. The SMILES string of the molecule is N#Cc1c(Br)ccc2nc(OCc3ccccc3)ccc12. The molecule has 0 aliphatic rings. The summed E-state index contributed by atoms with van der Waals surface area (Å²) in [6.45, 7) is 0.473. The zero-order chi connectivity index (χ0) is 14.7. The molecule has 1 heterocycles. The lowest BCUT2D eigenvalue weighted by Crippen LogP contribution is -1.97. The van der Waals surface area contributed by atoms with Gasteiger partial charge in [-0.25, -0.2) is 4.98 Å². The van der Waals surface area contributed by atoms with Crippen LogP contribution in [0.25, 0.3) is 10.9 Å². The molecule has 3 rings (SSSR count). The Bertz CT molecular complexity index is 825. The highest BCUT2D eigenvalue weighted by molar-refractivity contribution is 9.10. The molecule has 0 N–H and O–H groups in total. The van der Waals surface area contributed by atoms with E-state index in [0.717, 1.165) is 20.9 Å². The number of nitrogens with zero attached hydrogens (tertiary/aromatic N) is 2. The summed E-state index contributed by atoms with van der Waals surface area (Å²) in [5.41, 5.74) is 2.43. The fourth-order valence-electron chi connectivity index (χ4n) is 2.08. The van der Waals surface area contributed by atoms with Crippen molar-refractivity contribution in [3.63, 3.8) is 0 Å². The van der Waals surface area contributed by atoms with Crippen LogP contribution in [-0.2, 0) is 6.61 Å². The summed E-state index contributed by atoms with van der Waals surface area (Å²) in [7, 11) is 0. The molecule has 0 spiro atoms. The predicted octanol–water partition coefficient (Wildman–Crippen LogP) is 4.45. The van der Waals surface area contributed by atoms with Crippen LogP contribution in [0.5, 0.6) is 5.88 Å². The number of rotatable bonds is 3. The first kappa shape index (κ1) is 13.6. The number of halogens is 1. The van der Waals surface area contributed by atoms with Crippen LogP contribution in [0.1, 0.15) is 11.1 Å². The lowest BCUT2D eigenvalue weighted by molar-refractivity contribution is 0.295.